The minimum Gasteiger partial charge on any atom is -0.481 e. The second-order valence-electron chi connectivity index (χ2n) is 7.59. The van der Waals surface area contributed by atoms with Crippen LogP contribution in [0, 0.1) is 17.7 Å². The summed E-state index contributed by atoms with van der Waals surface area (Å²) in [6.45, 7) is 0.552. The molecule has 1 spiro atoms. The summed E-state index contributed by atoms with van der Waals surface area (Å²) in [7, 11) is 0. The Morgan fingerprint density at radius 1 is 1.17 bits per heavy atom. The molecule has 2 fully saturated rings. The van der Waals surface area contributed by atoms with Gasteiger partial charge in [0.15, 0.2) is 0 Å². The fourth-order valence-electron chi connectivity index (χ4n) is 5.04. The van der Waals surface area contributed by atoms with Crippen molar-refractivity contribution < 1.29 is 19.1 Å². The molecule has 128 valence electrons. The number of hydrogen-bond donors (Lipinski definition) is 1. The predicted molar refractivity (Wildman–Crippen MR) is 87.4 cm³/mol. The molecule has 2 saturated carbocycles. The van der Waals surface area contributed by atoms with Crippen molar-refractivity contribution in [2.45, 2.75) is 50.4 Å². The van der Waals surface area contributed by atoms with Gasteiger partial charge in [0.25, 0.3) is 0 Å². The summed E-state index contributed by atoms with van der Waals surface area (Å²) in [6.07, 6.45) is 5.56. The minimum absolute atomic E-state index is 0.0191. The number of carbonyl (C=O) groups excluding carboxylic acids is 1. The molecule has 0 saturated heterocycles. The first-order valence-electron chi connectivity index (χ1n) is 8.85. The fourth-order valence-corrected chi connectivity index (χ4v) is 5.04. The maximum atomic E-state index is 14.6. The molecule has 0 radical (unpaired) electrons. The van der Waals surface area contributed by atoms with Crippen LogP contribution in [0.3, 0.4) is 0 Å². The summed E-state index contributed by atoms with van der Waals surface area (Å²) in [5.41, 5.74) is 1.19. The number of fused-ring (bicyclic) bond motifs is 2. The molecule has 0 unspecified atom stereocenters. The van der Waals surface area contributed by atoms with Crippen LogP contribution in [0.5, 0.6) is 0 Å². The van der Waals surface area contributed by atoms with Crippen molar-refractivity contribution >= 4 is 17.6 Å². The number of anilines is 1. The lowest BCUT2D eigenvalue weighted by atomic mass is 9.80. The summed E-state index contributed by atoms with van der Waals surface area (Å²) in [6, 6.07) is 4.99. The van der Waals surface area contributed by atoms with Gasteiger partial charge in [-0.25, -0.2) is 4.39 Å². The van der Waals surface area contributed by atoms with E-state index in [1.54, 1.807) is 11.0 Å². The summed E-state index contributed by atoms with van der Waals surface area (Å²) >= 11 is 0. The first kappa shape index (κ1) is 15.6. The minimum atomic E-state index is -0.814. The number of nitrogens with zero attached hydrogens (tertiary/aromatic N) is 1. The van der Waals surface area contributed by atoms with Crippen molar-refractivity contribution in [3.05, 3.63) is 29.6 Å². The predicted octanol–water partition coefficient (Wildman–Crippen LogP) is 3.49. The highest BCUT2D eigenvalue weighted by Crippen LogP contribution is 2.52. The van der Waals surface area contributed by atoms with Gasteiger partial charge in [0.2, 0.25) is 5.91 Å². The number of benzene rings is 1. The molecule has 1 aliphatic heterocycles. The van der Waals surface area contributed by atoms with E-state index in [1.807, 2.05) is 6.07 Å². The molecule has 1 aromatic carbocycles. The molecule has 5 heteroatoms. The Hall–Kier alpha value is -1.91. The number of carboxylic acids is 1. The summed E-state index contributed by atoms with van der Waals surface area (Å²) in [4.78, 5) is 26.0. The van der Waals surface area contributed by atoms with Crippen LogP contribution in [0.2, 0.25) is 0 Å². The first-order valence-corrected chi connectivity index (χ1v) is 8.85. The van der Waals surface area contributed by atoms with E-state index in [1.165, 1.54) is 6.07 Å². The largest absolute Gasteiger partial charge is 0.481 e. The second-order valence-corrected chi connectivity index (χ2v) is 7.59. The van der Waals surface area contributed by atoms with Gasteiger partial charge in [-0.05, 0) is 44.2 Å². The highest BCUT2D eigenvalue weighted by molar-refractivity contribution is 5.98. The van der Waals surface area contributed by atoms with Crippen molar-refractivity contribution in [2.75, 3.05) is 11.4 Å². The van der Waals surface area contributed by atoms with Crippen LogP contribution in [0.4, 0.5) is 10.1 Å². The normalized spacial score (nSPS) is 27.6. The van der Waals surface area contributed by atoms with Crippen LogP contribution in [0.15, 0.2) is 18.2 Å². The van der Waals surface area contributed by atoms with Gasteiger partial charge in [-0.2, -0.15) is 0 Å². The number of aliphatic carboxylic acids is 1. The lowest BCUT2D eigenvalue weighted by Crippen LogP contribution is -2.38. The standard InChI is InChI=1S/C19H22FNO3/c20-14-4-3-5-15-16(14)19(8-1-2-9-19)11-21(15)17(22)12-6-7-13(10-12)18(23)24/h3-5,12-13H,1-2,6-11H2,(H,23,24)/t12-,13+/m0/s1. The molecule has 0 aromatic heterocycles. The van der Waals surface area contributed by atoms with Gasteiger partial charge in [-0.1, -0.05) is 18.9 Å². The number of carbonyl (C=O) groups is 2. The Morgan fingerprint density at radius 3 is 2.54 bits per heavy atom. The van der Waals surface area contributed by atoms with Gasteiger partial charge in [0, 0.05) is 23.4 Å². The lowest BCUT2D eigenvalue weighted by molar-refractivity contribution is -0.141. The zero-order valence-corrected chi connectivity index (χ0v) is 13.6. The Morgan fingerprint density at radius 2 is 1.88 bits per heavy atom. The molecule has 1 aromatic rings. The van der Waals surface area contributed by atoms with Crippen LogP contribution >= 0.6 is 0 Å². The molecular weight excluding hydrogens is 309 g/mol. The van der Waals surface area contributed by atoms with Crippen LogP contribution < -0.4 is 4.90 Å². The summed E-state index contributed by atoms with van der Waals surface area (Å²) < 4.78 is 14.6. The summed E-state index contributed by atoms with van der Waals surface area (Å²) in [5, 5.41) is 9.17. The average molecular weight is 331 g/mol. The first-order chi connectivity index (χ1) is 11.5. The summed E-state index contributed by atoms with van der Waals surface area (Å²) in [5.74, 6) is -1.72. The van der Waals surface area contributed by atoms with Crippen molar-refractivity contribution in [3.63, 3.8) is 0 Å². The van der Waals surface area contributed by atoms with Crippen molar-refractivity contribution in [3.8, 4) is 0 Å². The number of hydrogen-bond acceptors (Lipinski definition) is 2. The maximum absolute atomic E-state index is 14.6. The number of carboxylic acid groups (broad SMARTS) is 1. The molecule has 4 nitrogen and oxygen atoms in total. The van der Waals surface area contributed by atoms with E-state index in [-0.39, 0.29) is 23.1 Å². The Balaban J connectivity index is 1.65. The molecule has 24 heavy (non-hydrogen) atoms. The van der Waals surface area contributed by atoms with Gasteiger partial charge in [0.1, 0.15) is 5.82 Å². The molecule has 1 amide bonds. The monoisotopic (exact) mass is 331 g/mol. The second kappa shape index (κ2) is 5.57. The van der Waals surface area contributed by atoms with E-state index in [0.717, 1.165) is 25.7 Å². The lowest BCUT2D eigenvalue weighted by Gasteiger charge is -2.26. The van der Waals surface area contributed by atoms with E-state index in [9.17, 15) is 14.0 Å². The van der Waals surface area contributed by atoms with E-state index in [2.05, 4.69) is 0 Å². The Bertz CT molecular complexity index is 696. The van der Waals surface area contributed by atoms with Crippen LogP contribution in [-0.4, -0.2) is 23.5 Å². The zero-order valence-electron chi connectivity index (χ0n) is 13.6. The Kier molecular flexibility index (Phi) is 3.62. The van der Waals surface area contributed by atoms with Crippen LogP contribution in [0.25, 0.3) is 0 Å². The number of amides is 1. The smallest absolute Gasteiger partial charge is 0.306 e. The molecule has 3 aliphatic rings. The Labute approximate surface area is 140 Å². The van der Waals surface area contributed by atoms with Gasteiger partial charge >= 0.3 is 5.97 Å². The van der Waals surface area contributed by atoms with Gasteiger partial charge in [0.05, 0.1) is 11.6 Å². The van der Waals surface area contributed by atoms with Gasteiger partial charge < -0.3 is 10.0 Å². The topological polar surface area (TPSA) is 57.6 Å². The van der Waals surface area contributed by atoms with Gasteiger partial charge in [-0.3, -0.25) is 9.59 Å². The SMILES string of the molecule is O=C(O)[C@@H]1CC[C@H](C(=O)N2CC3(CCCC3)c3c(F)cccc32)C1. The van der Waals surface area contributed by atoms with Crippen LogP contribution in [0.1, 0.15) is 50.5 Å². The third kappa shape index (κ3) is 2.25. The molecule has 4 rings (SSSR count). The molecule has 1 N–H and O–H groups in total. The highest BCUT2D eigenvalue weighted by atomic mass is 19.1. The molecule has 1 heterocycles. The van der Waals surface area contributed by atoms with Gasteiger partial charge in [-0.15, -0.1) is 0 Å². The van der Waals surface area contributed by atoms with E-state index < -0.39 is 11.9 Å². The van der Waals surface area contributed by atoms with Crippen molar-refractivity contribution in [1.82, 2.24) is 0 Å². The number of halogens is 1. The fraction of sp³-hybridized carbons (Fsp3) is 0.579. The van der Waals surface area contributed by atoms with Crippen molar-refractivity contribution in [2.24, 2.45) is 11.8 Å². The quantitative estimate of drug-likeness (QED) is 0.902. The van der Waals surface area contributed by atoms with E-state index in [4.69, 9.17) is 5.11 Å². The van der Waals surface area contributed by atoms with E-state index in [0.29, 0.717) is 37.1 Å². The van der Waals surface area contributed by atoms with Crippen LogP contribution in [-0.2, 0) is 15.0 Å². The third-order valence-corrected chi connectivity index (χ3v) is 6.23. The zero-order chi connectivity index (χ0) is 16.9. The average Bonchev–Trinajstić information content (AvgIpc) is 3.28. The van der Waals surface area contributed by atoms with E-state index >= 15 is 0 Å². The number of rotatable bonds is 2. The molecule has 2 aliphatic carbocycles. The molecule has 0 bridgehead atoms. The molecule has 2 atom stereocenters. The third-order valence-electron chi connectivity index (χ3n) is 6.23. The maximum Gasteiger partial charge on any atom is 0.306 e. The van der Waals surface area contributed by atoms with Crippen molar-refractivity contribution in [1.29, 1.82) is 0 Å². The molecular formula is C19H22FNO3. The highest BCUT2D eigenvalue weighted by Gasteiger charge is 2.49.